The molecule has 5 rings (SSSR count). The molecule has 4 aromatic heterocycles. The van der Waals surface area contributed by atoms with Gasteiger partial charge < -0.3 is 10.1 Å². The second kappa shape index (κ2) is 8.66. The third-order valence-electron chi connectivity index (χ3n) is 4.86. The minimum absolute atomic E-state index is 0.0377. The normalized spacial score (nSPS) is 10.9. The van der Waals surface area contributed by atoms with Gasteiger partial charge in [-0.25, -0.2) is 19.3 Å². The van der Waals surface area contributed by atoms with Gasteiger partial charge in [-0.3, -0.25) is 4.79 Å². The van der Waals surface area contributed by atoms with Crippen LogP contribution in [0.15, 0.2) is 73.1 Å². The Balaban J connectivity index is 1.34. The summed E-state index contributed by atoms with van der Waals surface area (Å²) in [5.41, 5.74) is 2.61. The van der Waals surface area contributed by atoms with E-state index >= 15 is 0 Å². The minimum Gasteiger partial charge on any atom is -0.436 e. The van der Waals surface area contributed by atoms with Crippen LogP contribution in [-0.2, 0) is 0 Å². The molecule has 0 spiro atoms. The third-order valence-corrected chi connectivity index (χ3v) is 4.86. The van der Waals surface area contributed by atoms with Gasteiger partial charge in [0.05, 0.1) is 11.9 Å². The fourth-order valence-electron chi connectivity index (χ4n) is 3.29. The van der Waals surface area contributed by atoms with Crippen molar-refractivity contribution in [3.63, 3.8) is 0 Å². The van der Waals surface area contributed by atoms with Gasteiger partial charge in [0.25, 0.3) is 5.91 Å². The van der Waals surface area contributed by atoms with Crippen molar-refractivity contribution < 1.29 is 18.3 Å². The number of pyridine rings is 2. The Morgan fingerprint density at radius 3 is 2.71 bits per heavy atom. The Morgan fingerprint density at radius 1 is 1.03 bits per heavy atom. The van der Waals surface area contributed by atoms with Crippen LogP contribution in [-0.4, -0.2) is 30.5 Å². The van der Waals surface area contributed by atoms with E-state index in [1.807, 2.05) is 0 Å². The topological polar surface area (TPSA) is 94.3 Å². The Morgan fingerprint density at radius 2 is 1.91 bits per heavy atom. The van der Waals surface area contributed by atoms with Crippen molar-refractivity contribution in [2.24, 2.45) is 0 Å². The molecule has 1 N–H and O–H groups in total. The van der Waals surface area contributed by atoms with Crippen molar-refractivity contribution in [3.8, 4) is 22.9 Å². The van der Waals surface area contributed by atoms with E-state index in [0.29, 0.717) is 28.5 Å². The van der Waals surface area contributed by atoms with E-state index in [2.05, 4.69) is 25.4 Å². The van der Waals surface area contributed by atoms with Crippen LogP contribution in [0.1, 0.15) is 16.2 Å². The van der Waals surface area contributed by atoms with Crippen molar-refractivity contribution in [2.45, 2.75) is 6.92 Å². The van der Waals surface area contributed by atoms with Crippen LogP contribution in [0, 0.1) is 18.7 Å². The molecule has 5 aromatic rings. The molecule has 8 nitrogen and oxygen atoms in total. The van der Waals surface area contributed by atoms with E-state index in [0.717, 1.165) is 6.07 Å². The van der Waals surface area contributed by atoms with Gasteiger partial charge in [0.2, 0.25) is 11.8 Å². The minimum atomic E-state index is -0.674. The van der Waals surface area contributed by atoms with Crippen molar-refractivity contribution >= 4 is 17.2 Å². The first-order valence-corrected chi connectivity index (χ1v) is 10.2. The van der Waals surface area contributed by atoms with E-state index in [1.54, 1.807) is 37.4 Å². The number of carbonyl (C=O) groups excluding carboxylic acids is 1. The number of nitrogens with one attached hydrogen (secondary N) is 1. The molecule has 0 saturated heterocycles. The number of hydrogen-bond acceptors (Lipinski definition) is 6. The van der Waals surface area contributed by atoms with Gasteiger partial charge in [-0.15, -0.1) is 0 Å². The number of amides is 1. The molecule has 1 amide bonds. The summed E-state index contributed by atoms with van der Waals surface area (Å²) in [7, 11) is 0. The molecule has 10 heteroatoms. The largest absolute Gasteiger partial charge is 0.436 e. The standard InChI is InChI=1S/C24H16F2N6O2/c1-14-11-23(32-22(29-14)9-10-28-32)34-20-7-6-16(12-17(20)25)30-24(33)19-4-2-3-18(31-19)15-5-8-21(26)27-13-15/h2-13H,1H3,(H,30,33). The zero-order chi connectivity index (χ0) is 23.7. The average Bonchev–Trinajstić information content (AvgIpc) is 3.30. The van der Waals surface area contributed by atoms with Crippen LogP contribution < -0.4 is 10.1 Å². The van der Waals surface area contributed by atoms with E-state index in [-0.39, 0.29) is 17.1 Å². The van der Waals surface area contributed by atoms with Crippen LogP contribution in [0.4, 0.5) is 14.5 Å². The smallest absolute Gasteiger partial charge is 0.274 e. The lowest BCUT2D eigenvalue weighted by atomic mass is 10.2. The zero-order valence-corrected chi connectivity index (χ0v) is 17.7. The molecule has 0 unspecified atom stereocenters. The first kappa shape index (κ1) is 21.1. The second-order valence-corrected chi connectivity index (χ2v) is 7.32. The van der Waals surface area contributed by atoms with Gasteiger partial charge in [0.1, 0.15) is 5.69 Å². The van der Waals surface area contributed by atoms with E-state index in [4.69, 9.17) is 4.74 Å². The van der Waals surface area contributed by atoms with Gasteiger partial charge in [0.15, 0.2) is 17.2 Å². The van der Waals surface area contributed by atoms with E-state index in [9.17, 15) is 13.6 Å². The van der Waals surface area contributed by atoms with Gasteiger partial charge in [-0.05, 0) is 43.3 Å². The van der Waals surface area contributed by atoms with Crippen LogP contribution in [0.25, 0.3) is 16.9 Å². The molecule has 168 valence electrons. The number of halogens is 2. The monoisotopic (exact) mass is 458 g/mol. The van der Waals surface area contributed by atoms with Gasteiger partial charge in [-0.2, -0.15) is 14.0 Å². The molecule has 0 atom stereocenters. The molecule has 1 aromatic carbocycles. The summed E-state index contributed by atoms with van der Waals surface area (Å²) in [6.07, 6.45) is 2.90. The summed E-state index contributed by atoms with van der Waals surface area (Å²) in [5.74, 6) is -1.55. The molecule has 0 aliphatic rings. The van der Waals surface area contributed by atoms with Crippen molar-refractivity contribution in [3.05, 3.63) is 96.2 Å². The Hall–Kier alpha value is -4.73. The number of aryl methyl sites for hydroxylation is 1. The highest BCUT2D eigenvalue weighted by Crippen LogP contribution is 2.27. The lowest BCUT2D eigenvalue weighted by Crippen LogP contribution is -2.14. The first-order valence-electron chi connectivity index (χ1n) is 10.2. The molecule has 0 bridgehead atoms. The van der Waals surface area contributed by atoms with Crippen LogP contribution in [0.3, 0.4) is 0 Å². The predicted octanol–water partition coefficient (Wildman–Crippen LogP) is 4.82. The maximum absolute atomic E-state index is 14.8. The molecule has 34 heavy (non-hydrogen) atoms. The van der Waals surface area contributed by atoms with Crippen molar-refractivity contribution in [1.29, 1.82) is 0 Å². The Bertz CT molecular complexity index is 1520. The average molecular weight is 458 g/mol. The van der Waals surface area contributed by atoms with Gasteiger partial charge in [-0.1, -0.05) is 6.07 Å². The maximum atomic E-state index is 14.8. The fourth-order valence-corrected chi connectivity index (χ4v) is 3.29. The molecule has 0 aliphatic carbocycles. The molecular formula is C24H16F2N6O2. The van der Waals surface area contributed by atoms with Gasteiger partial charge in [0, 0.05) is 41.3 Å². The SMILES string of the molecule is Cc1cc(Oc2ccc(NC(=O)c3cccc(-c4ccc(F)nc4)n3)cc2F)n2nccc2n1. The number of fused-ring (bicyclic) bond motifs is 1. The number of nitrogens with zero attached hydrogens (tertiary/aromatic N) is 5. The second-order valence-electron chi connectivity index (χ2n) is 7.32. The van der Waals surface area contributed by atoms with E-state index in [1.165, 1.54) is 41.0 Å². The van der Waals surface area contributed by atoms with Crippen molar-refractivity contribution in [1.82, 2.24) is 24.6 Å². The molecular weight excluding hydrogens is 442 g/mol. The fraction of sp³-hybridized carbons (Fsp3) is 0.0417. The number of benzene rings is 1. The summed E-state index contributed by atoms with van der Waals surface area (Å²) >= 11 is 0. The van der Waals surface area contributed by atoms with Gasteiger partial charge >= 0.3 is 0 Å². The molecule has 4 heterocycles. The number of hydrogen-bond donors (Lipinski definition) is 1. The number of carbonyl (C=O) groups is 1. The van der Waals surface area contributed by atoms with Crippen LogP contribution >= 0.6 is 0 Å². The number of rotatable bonds is 5. The highest BCUT2D eigenvalue weighted by atomic mass is 19.1. The third kappa shape index (κ3) is 4.29. The lowest BCUT2D eigenvalue weighted by molar-refractivity contribution is 0.102. The molecule has 0 radical (unpaired) electrons. The van der Waals surface area contributed by atoms with Crippen LogP contribution in [0.2, 0.25) is 0 Å². The summed E-state index contributed by atoms with van der Waals surface area (Å²) in [6.45, 7) is 1.80. The molecule has 0 saturated carbocycles. The quantitative estimate of drug-likeness (QED) is 0.380. The summed E-state index contributed by atoms with van der Waals surface area (Å²) in [4.78, 5) is 24.9. The van der Waals surface area contributed by atoms with Crippen molar-refractivity contribution in [2.75, 3.05) is 5.32 Å². The Labute approximate surface area is 191 Å². The first-order chi connectivity index (χ1) is 16.5. The summed E-state index contributed by atoms with van der Waals surface area (Å²) in [6, 6.07) is 15.0. The number of anilines is 1. The van der Waals surface area contributed by atoms with E-state index < -0.39 is 17.7 Å². The van der Waals surface area contributed by atoms with Crippen LogP contribution in [0.5, 0.6) is 11.6 Å². The number of ether oxygens (including phenoxy) is 1. The summed E-state index contributed by atoms with van der Waals surface area (Å²) < 4.78 is 35.0. The Kier molecular flexibility index (Phi) is 5.38. The highest BCUT2D eigenvalue weighted by molar-refractivity contribution is 6.03. The zero-order valence-electron chi connectivity index (χ0n) is 17.7. The highest BCUT2D eigenvalue weighted by Gasteiger charge is 2.14. The summed E-state index contributed by atoms with van der Waals surface area (Å²) in [5, 5.41) is 6.74. The molecule has 0 aliphatic heterocycles. The number of aromatic nitrogens is 5. The maximum Gasteiger partial charge on any atom is 0.274 e. The predicted molar refractivity (Wildman–Crippen MR) is 120 cm³/mol. The lowest BCUT2D eigenvalue weighted by Gasteiger charge is -2.11. The molecule has 0 fully saturated rings.